The van der Waals surface area contributed by atoms with E-state index in [0.29, 0.717) is 0 Å². The predicted molar refractivity (Wildman–Crippen MR) is 100 cm³/mol. The van der Waals surface area contributed by atoms with Gasteiger partial charge in [-0.2, -0.15) is 0 Å². The number of halogens is 2. The Morgan fingerprint density at radius 2 is 1.73 bits per heavy atom. The first kappa shape index (κ1) is 18.2. The molecule has 1 heterocycles. The zero-order valence-corrected chi connectivity index (χ0v) is 14.9. The van der Waals surface area contributed by atoms with Crippen LogP contribution >= 0.6 is 11.3 Å². The Labute approximate surface area is 154 Å². The second kappa shape index (κ2) is 8.21. The molecule has 0 aliphatic carbocycles. The van der Waals surface area contributed by atoms with Crippen LogP contribution in [0.5, 0.6) is 0 Å². The Kier molecular flexibility index (Phi) is 5.75. The first-order valence-electron chi connectivity index (χ1n) is 8.15. The van der Waals surface area contributed by atoms with Gasteiger partial charge in [0, 0.05) is 4.88 Å². The minimum absolute atomic E-state index is 0.139. The Morgan fingerprint density at radius 3 is 2.38 bits per heavy atom. The first-order valence-corrected chi connectivity index (χ1v) is 9.03. The topological polar surface area (TPSA) is 41.1 Å². The molecule has 1 aromatic heterocycles. The lowest BCUT2D eigenvalue weighted by Gasteiger charge is -2.23. The van der Waals surface area contributed by atoms with Gasteiger partial charge < -0.3 is 5.32 Å². The number of para-hydroxylation sites is 1. The van der Waals surface area contributed by atoms with Crippen LogP contribution in [0.2, 0.25) is 0 Å². The van der Waals surface area contributed by atoms with E-state index in [1.807, 2.05) is 17.5 Å². The third-order valence-corrected chi connectivity index (χ3v) is 4.91. The largest absolute Gasteiger partial charge is 0.322 e. The van der Waals surface area contributed by atoms with Crippen LogP contribution in [0, 0.1) is 11.6 Å². The molecule has 2 aromatic carbocycles. The van der Waals surface area contributed by atoms with Crippen molar-refractivity contribution in [2.45, 2.75) is 19.0 Å². The van der Waals surface area contributed by atoms with E-state index in [9.17, 15) is 13.6 Å². The Hall–Kier alpha value is -2.57. The second-order valence-electron chi connectivity index (χ2n) is 5.86. The van der Waals surface area contributed by atoms with E-state index in [0.717, 1.165) is 10.4 Å². The van der Waals surface area contributed by atoms with Crippen molar-refractivity contribution in [2.24, 2.45) is 0 Å². The quantitative estimate of drug-likeness (QED) is 0.657. The van der Waals surface area contributed by atoms with Crippen molar-refractivity contribution in [3.63, 3.8) is 0 Å². The molecule has 3 rings (SSSR count). The minimum atomic E-state index is -0.591. The van der Waals surface area contributed by atoms with Crippen molar-refractivity contribution in [1.82, 2.24) is 5.32 Å². The molecule has 2 atom stereocenters. The number of carbonyl (C=O) groups excluding carboxylic acids is 1. The standard InChI is InChI=1S/C20H18F2N2OS/c1-13(20(25)24-17-6-3-2-5-16(17)22)23-19(18-7-4-12-26-18)14-8-10-15(21)11-9-14/h2-13,19,23H,1H3,(H,24,25)/t13-,19-/m1/s1. The summed E-state index contributed by atoms with van der Waals surface area (Å²) in [6, 6.07) is 15.2. The van der Waals surface area contributed by atoms with E-state index >= 15 is 0 Å². The van der Waals surface area contributed by atoms with E-state index < -0.39 is 11.9 Å². The van der Waals surface area contributed by atoms with Crippen LogP contribution < -0.4 is 10.6 Å². The zero-order valence-electron chi connectivity index (χ0n) is 14.1. The van der Waals surface area contributed by atoms with E-state index in [1.165, 1.54) is 24.3 Å². The fourth-order valence-electron chi connectivity index (χ4n) is 2.58. The van der Waals surface area contributed by atoms with Gasteiger partial charge in [0.1, 0.15) is 11.6 Å². The number of anilines is 1. The van der Waals surface area contributed by atoms with Crippen LogP contribution in [-0.2, 0) is 4.79 Å². The molecule has 0 unspecified atom stereocenters. The average molecular weight is 372 g/mol. The van der Waals surface area contributed by atoms with Gasteiger partial charge in [0.25, 0.3) is 0 Å². The van der Waals surface area contributed by atoms with Crippen LogP contribution in [-0.4, -0.2) is 11.9 Å². The molecule has 0 radical (unpaired) electrons. The number of nitrogens with one attached hydrogen (secondary N) is 2. The lowest BCUT2D eigenvalue weighted by Crippen LogP contribution is -2.40. The number of hydrogen-bond acceptors (Lipinski definition) is 3. The molecule has 2 N–H and O–H groups in total. The van der Waals surface area contributed by atoms with Gasteiger partial charge in [-0.1, -0.05) is 30.3 Å². The molecule has 0 bridgehead atoms. The van der Waals surface area contributed by atoms with Crippen molar-refractivity contribution < 1.29 is 13.6 Å². The number of thiophene rings is 1. The maximum absolute atomic E-state index is 13.7. The Bertz CT molecular complexity index is 866. The molecule has 0 spiro atoms. The van der Waals surface area contributed by atoms with E-state index in [4.69, 9.17) is 0 Å². The molecule has 3 nitrogen and oxygen atoms in total. The van der Waals surface area contributed by atoms with Gasteiger partial charge in [-0.25, -0.2) is 8.78 Å². The minimum Gasteiger partial charge on any atom is -0.322 e. The van der Waals surface area contributed by atoms with Gasteiger partial charge in [-0.05, 0) is 48.2 Å². The van der Waals surface area contributed by atoms with Gasteiger partial charge in [0.15, 0.2) is 0 Å². The molecule has 6 heteroatoms. The number of carbonyl (C=O) groups is 1. The predicted octanol–water partition coefficient (Wildman–Crippen LogP) is 4.73. The van der Waals surface area contributed by atoms with Gasteiger partial charge >= 0.3 is 0 Å². The van der Waals surface area contributed by atoms with Crippen LogP contribution in [0.15, 0.2) is 66.0 Å². The summed E-state index contributed by atoms with van der Waals surface area (Å²) in [5.41, 5.74) is 0.986. The fraction of sp³-hybridized carbons (Fsp3) is 0.150. The summed E-state index contributed by atoms with van der Waals surface area (Å²) < 4.78 is 27.0. The molecule has 0 aliphatic heterocycles. The summed E-state index contributed by atoms with van der Waals surface area (Å²) >= 11 is 1.54. The molecule has 0 aliphatic rings. The lowest BCUT2D eigenvalue weighted by molar-refractivity contribution is -0.117. The van der Waals surface area contributed by atoms with Gasteiger partial charge in [-0.3, -0.25) is 10.1 Å². The van der Waals surface area contributed by atoms with Crippen molar-refractivity contribution in [2.75, 3.05) is 5.32 Å². The maximum Gasteiger partial charge on any atom is 0.241 e. The van der Waals surface area contributed by atoms with Gasteiger partial charge in [0.05, 0.1) is 17.8 Å². The summed E-state index contributed by atoms with van der Waals surface area (Å²) in [4.78, 5) is 13.5. The average Bonchev–Trinajstić information content (AvgIpc) is 3.16. The van der Waals surface area contributed by atoms with Crippen LogP contribution in [0.25, 0.3) is 0 Å². The van der Waals surface area contributed by atoms with Crippen molar-refractivity contribution >= 4 is 22.9 Å². The monoisotopic (exact) mass is 372 g/mol. The molecule has 0 fully saturated rings. The third-order valence-electron chi connectivity index (χ3n) is 3.97. The normalized spacial score (nSPS) is 13.2. The molecule has 134 valence electrons. The van der Waals surface area contributed by atoms with Gasteiger partial charge in [0.2, 0.25) is 5.91 Å². The van der Waals surface area contributed by atoms with Crippen LogP contribution in [0.4, 0.5) is 14.5 Å². The smallest absolute Gasteiger partial charge is 0.241 e. The number of hydrogen-bond donors (Lipinski definition) is 2. The first-order chi connectivity index (χ1) is 12.5. The molecule has 0 saturated carbocycles. The van der Waals surface area contributed by atoms with E-state index in [1.54, 1.807) is 42.5 Å². The van der Waals surface area contributed by atoms with Crippen molar-refractivity contribution in [3.8, 4) is 0 Å². The zero-order chi connectivity index (χ0) is 18.5. The summed E-state index contributed by atoms with van der Waals surface area (Å²) in [6.07, 6.45) is 0. The highest BCUT2D eigenvalue weighted by atomic mass is 32.1. The van der Waals surface area contributed by atoms with Crippen molar-refractivity contribution in [1.29, 1.82) is 0 Å². The van der Waals surface area contributed by atoms with Crippen LogP contribution in [0.1, 0.15) is 23.4 Å². The molecular formula is C20H18F2N2OS. The molecule has 0 saturated heterocycles. The number of rotatable bonds is 6. The highest BCUT2D eigenvalue weighted by molar-refractivity contribution is 7.10. The maximum atomic E-state index is 13.7. The number of amides is 1. The molecule has 26 heavy (non-hydrogen) atoms. The van der Waals surface area contributed by atoms with E-state index in [2.05, 4.69) is 10.6 Å². The van der Waals surface area contributed by atoms with Crippen LogP contribution in [0.3, 0.4) is 0 Å². The Morgan fingerprint density at radius 1 is 1.00 bits per heavy atom. The second-order valence-corrected chi connectivity index (χ2v) is 6.84. The molecule has 3 aromatic rings. The summed E-state index contributed by atoms with van der Waals surface area (Å²) in [7, 11) is 0. The van der Waals surface area contributed by atoms with Gasteiger partial charge in [-0.15, -0.1) is 11.3 Å². The molecule has 1 amide bonds. The third kappa shape index (κ3) is 4.33. The number of benzene rings is 2. The Balaban J connectivity index is 1.77. The highest BCUT2D eigenvalue weighted by Gasteiger charge is 2.22. The SMILES string of the molecule is C[C@@H](N[C@H](c1ccc(F)cc1)c1cccs1)C(=O)Nc1ccccc1F. The van der Waals surface area contributed by atoms with Crippen molar-refractivity contribution in [3.05, 3.63) is 88.1 Å². The summed E-state index contributed by atoms with van der Waals surface area (Å²) in [5.74, 6) is -1.15. The highest BCUT2D eigenvalue weighted by Crippen LogP contribution is 2.27. The summed E-state index contributed by atoms with van der Waals surface area (Å²) in [5, 5.41) is 7.78. The fourth-order valence-corrected chi connectivity index (χ4v) is 3.39. The van der Waals surface area contributed by atoms with E-state index in [-0.39, 0.29) is 23.5 Å². The summed E-state index contributed by atoms with van der Waals surface area (Å²) in [6.45, 7) is 1.71. The molecular weight excluding hydrogens is 354 g/mol. The lowest BCUT2D eigenvalue weighted by atomic mass is 10.0.